The summed E-state index contributed by atoms with van der Waals surface area (Å²) in [4.78, 5) is 21.2. The molecule has 0 radical (unpaired) electrons. The molecule has 2 N–H and O–H groups in total. The Morgan fingerprint density at radius 1 is 0.912 bits per heavy atom. The minimum atomic E-state index is -3.86. The molecule has 0 fully saturated rings. The molecule has 0 saturated carbocycles. The number of amides is 1. The second-order valence-electron chi connectivity index (χ2n) is 8.84. The maximum atomic E-state index is 12.8. The van der Waals surface area contributed by atoms with Crippen LogP contribution in [0.25, 0.3) is 0 Å². The Kier molecular flexibility index (Phi) is 6.43. The number of sulfonamides is 1. The number of nitrogens with zero attached hydrogens (tertiary/aromatic N) is 2. The van der Waals surface area contributed by atoms with E-state index in [-0.39, 0.29) is 16.2 Å². The molecular formula is C24H26N4O5S. The number of ether oxygens (including phenoxy) is 2. The van der Waals surface area contributed by atoms with Gasteiger partial charge in [-0.2, -0.15) is 0 Å². The van der Waals surface area contributed by atoms with Crippen molar-refractivity contribution in [2.75, 3.05) is 23.3 Å². The van der Waals surface area contributed by atoms with Crippen LogP contribution in [0.15, 0.2) is 59.8 Å². The van der Waals surface area contributed by atoms with Crippen LogP contribution in [0.4, 0.5) is 11.4 Å². The van der Waals surface area contributed by atoms with E-state index in [4.69, 9.17) is 9.47 Å². The molecule has 34 heavy (non-hydrogen) atoms. The van der Waals surface area contributed by atoms with E-state index in [9.17, 15) is 13.2 Å². The van der Waals surface area contributed by atoms with Gasteiger partial charge in [0.25, 0.3) is 15.9 Å². The molecule has 9 nitrogen and oxygen atoms in total. The first-order chi connectivity index (χ1) is 16.1. The Balaban J connectivity index is 1.43. The van der Waals surface area contributed by atoms with E-state index >= 15 is 0 Å². The number of anilines is 2. The molecule has 0 bridgehead atoms. The number of hydrogen-bond donors (Lipinski definition) is 2. The largest absolute Gasteiger partial charge is 0.490 e. The van der Waals surface area contributed by atoms with E-state index in [1.165, 1.54) is 36.4 Å². The lowest BCUT2D eigenvalue weighted by atomic mass is 9.96. The fraction of sp³-hybridized carbons (Fsp3) is 0.292. The van der Waals surface area contributed by atoms with E-state index in [0.29, 0.717) is 47.5 Å². The molecule has 10 heteroatoms. The van der Waals surface area contributed by atoms with Crippen LogP contribution < -0.4 is 19.5 Å². The third-order valence-electron chi connectivity index (χ3n) is 5.01. The summed E-state index contributed by atoms with van der Waals surface area (Å²) in [5.41, 5.74) is 0.961. The number of fused-ring (bicyclic) bond motifs is 1. The van der Waals surface area contributed by atoms with Gasteiger partial charge in [-0.1, -0.05) is 20.8 Å². The number of rotatable bonds is 5. The number of benzene rings is 2. The first kappa shape index (κ1) is 23.5. The molecule has 0 saturated heterocycles. The number of carbonyl (C=O) groups is 1. The van der Waals surface area contributed by atoms with Crippen molar-refractivity contribution >= 4 is 27.3 Å². The number of carbonyl (C=O) groups excluding carboxylic acids is 1. The average molecular weight is 483 g/mol. The summed E-state index contributed by atoms with van der Waals surface area (Å²) in [6.45, 7) is 7.00. The van der Waals surface area contributed by atoms with Gasteiger partial charge in [0.2, 0.25) is 0 Å². The second kappa shape index (κ2) is 9.30. The monoisotopic (exact) mass is 482 g/mol. The molecule has 0 spiro atoms. The van der Waals surface area contributed by atoms with Crippen LogP contribution in [0, 0.1) is 0 Å². The Hall–Kier alpha value is -3.66. The van der Waals surface area contributed by atoms with Gasteiger partial charge in [-0.25, -0.2) is 18.4 Å². The van der Waals surface area contributed by atoms with E-state index < -0.39 is 10.0 Å². The first-order valence-corrected chi connectivity index (χ1v) is 12.3. The lowest BCUT2D eigenvalue weighted by Crippen LogP contribution is -2.17. The molecule has 0 aliphatic carbocycles. The molecule has 1 amide bonds. The van der Waals surface area contributed by atoms with Gasteiger partial charge in [-0.15, -0.1) is 0 Å². The second-order valence-corrected chi connectivity index (χ2v) is 10.5. The summed E-state index contributed by atoms with van der Waals surface area (Å²) < 4.78 is 39.3. The average Bonchev–Trinajstić information content (AvgIpc) is 3.04. The maximum Gasteiger partial charge on any atom is 0.262 e. The van der Waals surface area contributed by atoms with Gasteiger partial charge >= 0.3 is 0 Å². The van der Waals surface area contributed by atoms with E-state index in [1.807, 2.05) is 20.8 Å². The lowest BCUT2D eigenvalue weighted by molar-refractivity contribution is 0.102. The highest BCUT2D eigenvalue weighted by molar-refractivity contribution is 7.92. The van der Waals surface area contributed by atoms with Crippen molar-refractivity contribution in [2.24, 2.45) is 0 Å². The first-order valence-electron chi connectivity index (χ1n) is 10.8. The van der Waals surface area contributed by atoms with Crippen LogP contribution >= 0.6 is 0 Å². The van der Waals surface area contributed by atoms with Crippen molar-refractivity contribution in [2.45, 2.75) is 37.5 Å². The topological polar surface area (TPSA) is 120 Å². The van der Waals surface area contributed by atoms with E-state index in [0.717, 1.165) is 6.42 Å². The summed E-state index contributed by atoms with van der Waals surface area (Å²) in [7, 11) is -3.86. The molecule has 0 atom stereocenters. The highest BCUT2D eigenvalue weighted by atomic mass is 32.2. The van der Waals surface area contributed by atoms with Gasteiger partial charge < -0.3 is 14.8 Å². The molecule has 2 aromatic carbocycles. The maximum absolute atomic E-state index is 12.8. The fourth-order valence-corrected chi connectivity index (χ4v) is 4.27. The zero-order valence-electron chi connectivity index (χ0n) is 19.2. The summed E-state index contributed by atoms with van der Waals surface area (Å²) in [5.74, 6) is 1.23. The molecule has 0 unspecified atom stereocenters. The third kappa shape index (κ3) is 5.45. The molecule has 1 aliphatic heterocycles. The minimum absolute atomic E-state index is 0.0530. The van der Waals surface area contributed by atoms with Gasteiger partial charge in [-0.05, 0) is 36.4 Å². The Morgan fingerprint density at radius 2 is 1.56 bits per heavy atom. The van der Waals surface area contributed by atoms with Crippen molar-refractivity contribution in [3.8, 4) is 11.5 Å². The van der Waals surface area contributed by atoms with Crippen molar-refractivity contribution < 1.29 is 22.7 Å². The molecule has 3 aromatic rings. The number of aromatic nitrogens is 2. The van der Waals surface area contributed by atoms with Gasteiger partial charge in [0.1, 0.15) is 5.82 Å². The Bertz CT molecular complexity index is 1280. The summed E-state index contributed by atoms with van der Waals surface area (Å²) in [6.07, 6.45) is 3.84. The lowest BCUT2D eigenvalue weighted by Gasteiger charge is -2.16. The van der Waals surface area contributed by atoms with Crippen LogP contribution in [-0.4, -0.2) is 37.5 Å². The quantitative estimate of drug-likeness (QED) is 0.564. The zero-order valence-corrected chi connectivity index (χ0v) is 20.0. The summed E-state index contributed by atoms with van der Waals surface area (Å²) in [5, 5.41) is 2.74. The van der Waals surface area contributed by atoms with Crippen LogP contribution in [0.1, 0.15) is 43.4 Å². The number of nitrogens with one attached hydrogen (secondary N) is 2. The van der Waals surface area contributed by atoms with Gasteiger partial charge in [0.15, 0.2) is 11.5 Å². The fourth-order valence-electron chi connectivity index (χ4n) is 3.20. The van der Waals surface area contributed by atoms with Gasteiger partial charge in [0.05, 0.1) is 36.2 Å². The predicted molar refractivity (Wildman–Crippen MR) is 128 cm³/mol. The summed E-state index contributed by atoms with van der Waals surface area (Å²) >= 11 is 0. The van der Waals surface area contributed by atoms with E-state index in [2.05, 4.69) is 20.0 Å². The SMILES string of the molecule is CC(C)(C)c1ncc(NC(=O)c2ccc(NS(=O)(=O)c3ccc4c(c3)OCCCO4)cc2)cn1. The third-order valence-corrected chi connectivity index (χ3v) is 6.39. The van der Waals surface area contributed by atoms with Crippen LogP contribution in [-0.2, 0) is 15.4 Å². The van der Waals surface area contributed by atoms with Crippen LogP contribution in [0.3, 0.4) is 0 Å². The molecule has 1 aliphatic rings. The van der Waals surface area contributed by atoms with Crippen LogP contribution in [0.2, 0.25) is 0 Å². The van der Waals surface area contributed by atoms with Crippen molar-refractivity contribution in [1.82, 2.24) is 9.97 Å². The van der Waals surface area contributed by atoms with E-state index in [1.54, 1.807) is 18.5 Å². The predicted octanol–water partition coefficient (Wildman–Crippen LogP) is 3.99. The molecule has 1 aromatic heterocycles. The van der Waals surface area contributed by atoms with Gasteiger partial charge in [0, 0.05) is 29.2 Å². The smallest absolute Gasteiger partial charge is 0.262 e. The summed E-state index contributed by atoms with van der Waals surface area (Å²) in [6, 6.07) is 10.6. The van der Waals surface area contributed by atoms with Gasteiger partial charge in [-0.3, -0.25) is 9.52 Å². The molecule has 2 heterocycles. The van der Waals surface area contributed by atoms with Crippen molar-refractivity contribution in [3.05, 3.63) is 66.2 Å². The normalized spacial score (nSPS) is 13.6. The highest BCUT2D eigenvalue weighted by Gasteiger charge is 2.20. The standard InChI is InChI=1S/C24H26N4O5S/c1-24(2,3)23-25-14-18(15-26-23)27-22(29)16-5-7-17(8-6-16)28-34(30,31)19-9-10-20-21(13-19)33-12-4-11-32-20/h5-10,13-15,28H,4,11-12H2,1-3H3,(H,27,29). The highest BCUT2D eigenvalue weighted by Crippen LogP contribution is 2.32. The minimum Gasteiger partial charge on any atom is -0.490 e. The molecule has 4 rings (SSSR count). The molecular weight excluding hydrogens is 456 g/mol. The van der Waals surface area contributed by atoms with Crippen LogP contribution in [0.5, 0.6) is 11.5 Å². The molecule has 178 valence electrons. The van der Waals surface area contributed by atoms with Crippen molar-refractivity contribution in [3.63, 3.8) is 0 Å². The van der Waals surface area contributed by atoms with Crippen molar-refractivity contribution in [1.29, 1.82) is 0 Å². The number of hydrogen-bond acceptors (Lipinski definition) is 7. The Morgan fingerprint density at radius 3 is 2.21 bits per heavy atom. The zero-order chi connectivity index (χ0) is 24.3. The Labute approximate surface area is 198 Å².